The van der Waals surface area contributed by atoms with E-state index in [-0.39, 0.29) is 36.0 Å². The Kier molecular flexibility index (Phi) is 8.41. The molecule has 0 spiro atoms. The van der Waals surface area contributed by atoms with E-state index in [1.54, 1.807) is 27.6 Å². The van der Waals surface area contributed by atoms with Crippen molar-refractivity contribution in [2.75, 3.05) is 13.1 Å². The summed E-state index contributed by atoms with van der Waals surface area (Å²) in [6.07, 6.45) is 3.95. The SMILES string of the molecule is Cc1nn(-c2ccc(F)cc2)c(C)c1CC(=O)NC1CCCN(Cc2cn([C@@H](C)c3ccc(Br)cc3F)nn2)C1. The number of aryl methyl sites for hydroxylation is 1. The van der Waals surface area contributed by atoms with Crippen LogP contribution in [0.5, 0.6) is 0 Å². The van der Waals surface area contributed by atoms with Gasteiger partial charge in [0.2, 0.25) is 5.91 Å². The number of hydrogen-bond acceptors (Lipinski definition) is 5. The van der Waals surface area contributed by atoms with Gasteiger partial charge in [-0.2, -0.15) is 5.10 Å². The highest BCUT2D eigenvalue weighted by atomic mass is 79.9. The van der Waals surface area contributed by atoms with Gasteiger partial charge in [0.05, 0.1) is 35.7 Å². The van der Waals surface area contributed by atoms with Crippen molar-refractivity contribution in [3.63, 3.8) is 0 Å². The van der Waals surface area contributed by atoms with Gasteiger partial charge in [0.15, 0.2) is 0 Å². The largest absolute Gasteiger partial charge is 0.352 e. The van der Waals surface area contributed by atoms with Gasteiger partial charge >= 0.3 is 0 Å². The molecular formula is C29H32BrF2N7O. The fourth-order valence-electron chi connectivity index (χ4n) is 5.31. The van der Waals surface area contributed by atoms with Crippen molar-refractivity contribution in [3.05, 3.63) is 93.0 Å². The monoisotopic (exact) mass is 611 g/mol. The van der Waals surface area contributed by atoms with Gasteiger partial charge < -0.3 is 5.32 Å². The minimum Gasteiger partial charge on any atom is -0.352 e. The normalized spacial score (nSPS) is 16.7. The van der Waals surface area contributed by atoms with Gasteiger partial charge in [-0.15, -0.1) is 5.10 Å². The second kappa shape index (κ2) is 12.0. The standard InChI is InChI=1S/C29H32BrF2N7O/c1-18-27(20(3)39(35-18)25-9-7-22(31)8-10-25)14-29(40)33-23-5-4-12-37(15-23)16-24-17-38(36-34-24)19(2)26-11-6-21(30)13-28(26)32/h6-11,13,17,19,23H,4-5,12,14-16H2,1-3H3,(H,33,40)/t19-,23?/m0/s1. The Labute approximate surface area is 240 Å². The number of hydrogen-bond donors (Lipinski definition) is 1. The average Bonchev–Trinajstić information content (AvgIpc) is 3.49. The van der Waals surface area contributed by atoms with Gasteiger partial charge in [-0.05, 0) is 76.6 Å². The summed E-state index contributed by atoms with van der Waals surface area (Å²) in [5.41, 5.74) is 4.63. The maximum atomic E-state index is 14.4. The Balaban J connectivity index is 1.18. The summed E-state index contributed by atoms with van der Waals surface area (Å²) in [5.74, 6) is -0.642. The Morgan fingerprint density at radius 1 is 1.18 bits per heavy atom. The quantitative estimate of drug-likeness (QED) is 0.301. The van der Waals surface area contributed by atoms with E-state index in [1.807, 2.05) is 33.0 Å². The average molecular weight is 613 g/mol. The van der Waals surface area contributed by atoms with Gasteiger partial charge in [-0.25, -0.2) is 18.1 Å². The topological polar surface area (TPSA) is 80.9 Å². The number of aromatic nitrogens is 5. The van der Waals surface area contributed by atoms with Crippen molar-refractivity contribution in [3.8, 4) is 5.69 Å². The molecule has 0 radical (unpaired) electrons. The number of piperidine rings is 1. The number of benzene rings is 2. The van der Waals surface area contributed by atoms with Crippen LogP contribution in [-0.4, -0.2) is 54.7 Å². The fraction of sp³-hybridized carbons (Fsp3) is 0.379. The first-order valence-corrected chi connectivity index (χ1v) is 14.2. The molecule has 1 fully saturated rings. The molecule has 8 nitrogen and oxygen atoms in total. The Morgan fingerprint density at radius 2 is 1.95 bits per heavy atom. The third-order valence-electron chi connectivity index (χ3n) is 7.47. The molecule has 3 heterocycles. The highest BCUT2D eigenvalue weighted by molar-refractivity contribution is 9.10. The van der Waals surface area contributed by atoms with Crippen LogP contribution in [0.4, 0.5) is 8.78 Å². The molecule has 1 aliphatic heterocycles. The van der Waals surface area contributed by atoms with Gasteiger partial charge in [0.1, 0.15) is 11.6 Å². The molecule has 0 aliphatic carbocycles. The van der Waals surface area contributed by atoms with Crippen LogP contribution < -0.4 is 5.32 Å². The van der Waals surface area contributed by atoms with Gasteiger partial charge in [0.25, 0.3) is 0 Å². The summed E-state index contributed by atoms with van der Waals surface area (Å²) in [5, 5.41) is 16.3. The van der Waals surface area contributed by atoms with E-state index < -0.39 is 0 Å². The predicted molar refractivity (Wildman–Crippen MR) is 151 cm³/mol. The number of carbonyl (C=O) groups excluding carboxylic acids is 1. The number of nitrogens with one attached hydrogen (secondary N) is 1. The number of halogens is 3. The third kappa shape index (κ3) is 6.31. The number of likely N-dealkylation sites (tertiary alicyclic amines) is 1. The molecule has 0 saturated carbocycles. The van der Waals surface area contributed by atoms with E-state index in [0.717, 1.165) is 47.7 Å². The second-order valence-electron chi connectivity index (χ2n) is 10.4. The highest BCUT2D eigenvalue weighted by Crippen LogP contribution is 2.24. The zero-order valence-corrected chi connectivity index (χ0v) is 24.3. The molecule has 1 amide bonds. The molecule has 210 valence electrons. The van der Waals surface area contributed by atoms with E-state index in [2.05, 4.69) is 41.6 Å². The number of carbonyl (C=O) groups is 1. The van der Waals surface area contributed by atoms with Gasteiger partial charge in [-0.1, -0.05) is 27.2 Å². The van der Waals surface area contributed by atoms with Crippen LogP contribution in [0.2, 0.25) is 0 Å². The summed E-state index contributed by atoms with van der Waals surface area (Å²) >= 11 is 3.29. The Morgan fingerprint density at radius 3 is 2.70 bits per heavy atom. The first-order valence-electron chi connectivity index (χ1n) is 13.4. The molecule has 4 aromatic rings. The minimum absolute atomic E-state index is 0.0276. The van der Waals surface area contributed by atoms with Crippen molar-refractivity contribution in [1.29, 1.82) is 0 Å². The molecule has 2 aromatic carbocycles. The first-order chi connectivity index (χ1) is 19.2. The van der Waals surface area contributed by atoms with Crippen LogP contribution in [-0.2, 0) is 17.8 Å². The van der Waals surface area contributed by atoms with Gasteiger partial charge in [-0.3, -0.25) is 9.69 Å². The molecule has 5 rings (SSSR count). The molecular weight excluding hydrogens is 580 g/mol. The van der Waals surface area contributed by atoms with Crippen molar-refractivity contribution < 1.29 is 13.6 Å². The second-order valence-corrected chi connectivity index (χ2v) is 11.3. The zero-order chi connectivity index (χ0) is 28.4. The lowest BCUT2D eigenvalue weighted by atomic mass is 10.0. The molecule has 40 heavy (non-hydrogen) atoms. The van der Waals surface area contributed by atoms with Crippen molar-refractivity contribution in [1.82, 2.24) is 35.0 Å². The van der Waals surface area contributed by atoms with Crippen molar-refractivity contribution >= 4 is 21.8 Å². The van der Waals surface area contributed by atoms with Crippen LogP contribution >= 0.6 is 15.9 Å². The van der Waals surface area contributed by atoms with Crippen molar-refractivity contribution in [2.45, 2.75) is 58.7 Å². The minimum atomic E-state index is -0.304. The van der Waals surface area contributed by atoms with Crippen LogP contribution in [0.25, 0.3) is 5.69 Å². The van der Waals surface area contributed by atoms with E-state index in [0.29, 0.717) is 23.1 Å². The molecule has 0 bridgehead atoms. The number of nitrogens with zero attached hydrogens (tertiary/aromatic N) is 6. The lowest BCUT2D eigenvalue weighted by molar-refractivity contribution is -0.121. The number of rotatable bonds is 8. The lowest BCUT2D eigenvalue weighted by Crippen LogP contribution is -2.47. The van der Waals surface area contributed by atoms with E-state index in [1.165, 1.54) is 18.2 Å². The maximum absolute atomic E-state index is 14.4. The van der Waals surface area contributed by atoms with E-state index >= 15 is 0 Å². The maximum Gasteiger partial charge on any atom is 0.224 e. The molecule has 11 heteroatoms. The predicted octanol–water partition coefficient (Wildman–Crippen LogP) is 5.05. The molecule has 2 atom stereocenters. The zero-order valence-electron chi connectivity index (χ0n) is 22.7. The summed E-state index contributed by atoms with van der Waals surface area (Å²) in [4.78, 5) is 15.3. The van der Waals surface area contributed by atoms with Crippen LogP contribution in [0, 0.1) is 25.5 Å². The van der Waals surface area contributed by atoms with Gasteiger partial charge in [0, 0.05) is 40.4 Å². The summed E-state index contributed by atoms with van der Waals surface area (Å²) in [7, 11) is 0. The summed E-state index contributed by atoms with van der Waals surface area (Å²) < 4.78 is 31.9. The number of amides is 1. The van der Waals surface area contributed by atoms with Crippen LogP contribution in [0.1, 0.15) is 54.0 Å². The third-order valence-corrected chi connectivity index (χ3v) is 7.97. The smallest absolute Gasteiger partial charge is 0.224 e. The highest BCUT2D eigenvalue weighted by Gasteiger charge is 2.24. The molecule has 1 aliphatic rings. The van der Waals surface area contributed by atoms with E-state index in [4.69, 9.17) is 0 Å². The molecule has 1 N–H and O–H groups in total. The summed E-state index contributed by atoms with van der Waals surface area (Å²) in [6, 6.07) is 10.9. The first kappa shape index (κ1) is 28.1. The van der Waals surface area contributed by atoms with E-state index in [9.17, 15) is 13.6 Å². The molecule has 1 unspecified atom stereocenters. The van der Waals surface area contributed by atoms with Crippen LogP contribution in [0.15, 0.2) is 53.1 Å². The Hall–Kier alpha value is -3.44. The van der Waals surface area contributed by atoms with Crippen LogP contribution in [0.3, 0.4) is 0 Å². The Bertz CT molecular complexity index is 1500. The summed E-state index contributed by atoms with van der Waals surface area (Å²) in [6.45, 7) is 7.92. The molecule has 2 aromatic heterocycles. The van der Waals surface area contributed by atoms with Crippen molar-refractivity contribution in [2.24, 2.45) is 0 Å². The lowest BCUT2D eigenvalue weighted by Gasteiger charge is -2.32. The fourth-order valence-corrected chi connectivity index (χ4v) is 5.64. The molecule has 1 saturated heterocycles.